The molecule has 1 aliphatic rings. The molecule has 1 fully saturated rings. The Kier molecular flexibility index (Phi) is 4.02. The summed E-state index contributed by atoms with van der Waals surface area (Å²) in [7, 11) is 0. The number of amides is 1. The molecule has 3 nitrogen and oxygen atoms in total. The fraction of sp³-hybridized carbons (Fsp3) is 0.533. The van der Waals surface area contributed by atoms with E-state index < -0.39 is 0 Å². The summed E-state index contributed by atoms with van der Waals surface area (Å²) in [5, 5.41) is 3.45. The Morgan fingerprint density at radius 1 is 1.39 bits per heavy atom. The Morgan fingerprint density at radius 2 is 2.06 bits per heavy atom. The quantitative estimate of drug-likeness (QED) is 0.853. The minimum absolute atomic E-state index is 0.0299. The number of nitrogens with one attached hydrogen (secondary N) is 1. The van der Waals surface area contributed by atoms with Crippen molar-refractivity contribution in [2.45, 2.75) is 39.2 Å². The molecule has 2 atom stereocenters. The van der Waals surface area contributed by atoms with Crippen LogP contribution in [-0.4, -0.2) is 18.5 Å². The van der Waals surface area contributed by atoms with Crippen LogP contribution < -0.4 is 11.1 Å². The van der Waals surface area contributed by atoms with Crippen LogP contribution >= 0.6 is 0 Å². The van der Waals surface area contributed by atoms with Crippen molar-refractivity contribution in [3.05, 3.63) is 34.9 Å². The third-order valence-corrected chi connectivity index (χ3v) is 4.02. The van der Waals surface area contributed by atoms with Crippen molar-refractivity contribution in [2.24, 2.45) is 11.7 Å². The van der Waals surface area contributed by atoms with Gasteiger partial charge in [0.05, 0.1) is 5.92 Å². The summed E-state index contributed by atoms with van der Waals surface area (Å²) in [6, 6.07) is 6.53. The lowest BCUT2D eigenvalue weighted by molar-refractivity contribution is -0.123. The summed E-state index contributed by atoms with van der Waals surface area (Å²) in [6.45, 7) is 5.24. The first-order chi connectivity index (χ1) is 8.59. The van der Waals surface area contributed by atoms with Crippen molar-refractivity contribution < 1.29 is 4.79 Å². The highest BCUT2D eigenvalue weighted by Crippen LogP contribution is 2.23. The second-order valence-electron chi connectivity index (χ2n) is 5.29. The molecule has 3 N–H and O–H groups in total. The third kappa shape index (κ3) is 2.72. The van der Waals surface area contributed by atoms with Gasteiger partial charge in [-0.15, -0.1) is 0 Å². The second kappa shape index (κ2) is 5.53. The molecule has 3 heteroatoms. The maximum absolute atomic E-state index is 11.5. The minimum Gasteiger partial charge on any atom is -0.369 e. The molecule has 1 amide bonds. The minimum atomic E-state index is -0.168. The molecule has 0 aromatic heterocycles. The summed E-state index contributed by atoms with van der Waals surface area (Å²) in [5.41, 5.74) is 9.45. The number of aryl methyl sites for hydroxylation is 2. The lowest BCUT2D eigenvalue weighted by Crippen LogP contribution is -2.48. The molecule has 1 aliphatic heterocycles. The van der Waals surface area contributed by atoms with Crippen LogP contribution in [-0.2, 0) is 11.2 Å². The van der Waals surface area contributed by atoms with Crippen LogP contribution in [0.15, 0.2) is 18.2 Å². The first-order valence-corrected chi connectivity index (χ1v) is 6.67. The van der Waals surface area contributed by atoms with E-state index in [-0.39, 0.29) is 17.9 Å². The Balaban J connectivity index is 2.18. The summed E-state index contributed by atoms with van der Waals surface area (Å²) in [4.78, 5) is 11.5. The lowest BCUT2D eigenvalue weighted by Gasteiger charge is -2.31. The smallest absolute Gasteiger partial charge is 0.222 e. The number of carbonyl (C=O) groups is 1. The molecule has 2 rings (SSSR count). The van der Waals surface area contributed by atoms with Gasteiger partial charge in [-0.2, -0.15) is 0 Å². The largest absolute Gasteiger partial charge is 0.369 e. The molecule has 0 radical (unpaired) electrons. The SMILES string of the molecule is Cc1cccc(C)c1CC1NCCCC1C(N)=O. The molecule has 0 spiro atoms. The van der Waals surface area contributed by atoms with Crippen LogP contribution in [0.4, 0.5) is 0 Å². The molecule has 1 aromatic carbocycles. The Hall–Kier alpha value is -1.35. The fourth-order valence-electron chi connectivity index (χ4n) is 2.90. The van der Waals surface area contributed by atoms with E-state index >= 15 is 0 Å². The van der Waals surface area contributed by atoms with E-state index in [1.54, 1.807) is 0 Å². The summed E-state index contributed by atoms with van der Waals surface area (Å²) < 4.78 is 0. The maximum atomic E-state index is 11.5. The van der Waals surface area contributed by atoms with E-state index in [1.165, 1.54) is 16.7 Å². The molecule has 1 aromatic rings. The topological polar surface area (TPSA) is 55.1 Å². The molecule has 0 saturated carbocycles. The predicted molar refractivity (Wildman–Crippen MR) is 73.3 cm³/mol. The van der Waals surface area contributed by atoms with Gasteiger partial charge in [0.1, 0.15) is 0 Å². The first-order valence-electron chi connectivity index (χ1n) is 6.67. The van der Waals surface area contributed by atoms with Crippen LogP contribution in [0.1, 0.15) is 29.5 Å². The average Bonchev–Trinajstić information content (AvgIpc) is 2.34. The highest BCUT2D eigenvalue weighted by molar-refractivity contribution is 5.77. The van der Waals surface area contributed by atoms with Gasteiger partial charge in [-0.05, 0) is 56.3 Å². The van der Waals surface area contributed by atoms with Gasteiger partial charge < -0.3 is 11.1 Å². The van der Waals surface area contributed by atoms with E-state index in [0.717, 1.165) is 25.8 Å². The predicted octanol–water partition coefficient (Wildman–Crippen LogP) is 1.70. The van der Waals surface area contributed by atoms with Crippen molar-refractivity contribution in [2.75, 3.05) is 6.54 Å². The molecule has 18 heavy (non-hydrogen) atoms. The van der Waals surface area contributed by atoms with Gasteiger partial charge in [0, 0.05) is 6.04 Å². The highest BCUT2D eigenvalue weighted by Gasteiger charge is 2.29. The number of hydrogen-bond donors (Lipinski definition) is 2. The summed E-state index contributed by atoms with van der Waals surface area (Å²) >= 11 is 0. The van der Waals surface area contributed by atoms with Crippen LogP contribution in [0.25, 0.3) is 0 Å². The van der Waals surface area contributed by atoms with Gasteiger partial charge in [0.25, 0.3) is 0 Å². The second-order valence-corrected chi connectivity index (χ2v) is 5.29. The van der Waals surface area contributed by atoms with E-state index in [0.29, 0.717) is 0 Å². The molecule has 98 valence electrons. The lowest BCUT2D eigenvalue weighted by atomic mass is 9.84. The van der Waals surface area contributed by atoms with E-state index in [2.05, 4.69) is 37.4 Å². The Bertz CT molecular complexity index is 422. The number of rotatable bonds is 3. The van der Waals surface area contributed by atoms with Gasteiger partial charge in [-0.3, -0.25) is 4.79 Å². The van der Waals surface area contributed by atoms with Crippen molar-refractivity contribution >= 4 is 5.91 Å². The van der Waals surface area contributed by atoms with Gasteiger partial charge in [-0.1, -0.05) is 18.2 Å². The Morgan fingerprint density at radius 3 is 2.67 bits per heavy atom. The zero-order chi connectivity index (χ0) is 13.1. The van der Waals surface area contributed by atoms with Gasteiger partial charge >= 0.3 is 0 Å². The normalized spacial score (nSPS) is 23.9. The van der Waals surface area contributed by atoms with Gasteiger partial charge in [0.2, 0.25) is 5.91 Å². The van der Waals surface area contributed by atoms with Crippen LogP contribution in [0.5, 0.6) is 0 Å². The van der Waals surface area contributed by atoms with E-state index in [9.17, 15) is 4.79 Å². The number of benzene rings is 1. The van der Waals surface area contributed by atoms with Crippen molar-refractivity contribution in [1.82, 2.24) is 5.32 Å². The molecule has 1 heterocycles. The van der Waals surface area contributed by atoms with E-state index in [1.807, 2.05) is 0 Å². The van der Waals surface area contributed by atoms with E-state index in [4.69, 9.17) is 5.73 Å². The van der Waals surface area contributed by atoms with Crippen molar-refractivity contribution in [1.29, 1.82) is 0 Å². The summed E-state index contributed by atoms with van der Waals surface area (Å²) in [6.07, 6.45) is 2.85. The van der Waals surface area contributed by atoms with Crippen LogP contribution in [0, 0.1) is 19.8 Å². The molecule has 0 bridgehead atoms. The van der Waals surface area contributed by atoms with Crippen molar-refractivity contribution in [3.63, 3.8) is 0 Å². The third-order valence-electron chi connectivity index (χ3n) is 4.02. The number of carbonyl (C=O) groups excluding carboxylic acids is 1. The monoisotopic (exact) mass is 246 g/mol. The maximum Gasteiger partial charge on any atom is 0.222 e. The molecule has 1 saturated heterocycles. The van der Waals surface area contributed by atoms with Crippen LogP contribution in [0.3, 0.4) is 0 Å². The molecular weight excluding hydrogens is 224 g/mol. The zero-order valence-corrected chi connectivity index (χ0v) is 11.2. The van der Waals surface area contributed by atoms with Crippen LogP contribution in [0.2, 0.25) is 0 Å². The zero-order valence-electron chi connectivity index (χ0n) is 11.2. The number of primary amides is 1. The Labute approximate surface area is 109 Å². The van der Waals surface area contributed by atoms with Crippen molar-refractivity contribution in [3.8, 4) is 0 Å². The first kappa shape index (κ1) is 13.1. The number of piperidine rings is 1. The molecule has 2 unspecified atom stereocenters. The molecule has 0 aliphatic carbocycles. The highest BCUT2D eigenvalue weighted by atomic mass is 16.1. The standard InChI is InChI=1S/C15H22N2O/c1-10-5-3-6-11(2)13(10)9-14-12(15(16)18)7-4-8-17-14/h3,5-6,12,14,17H,4,7-9H2,1-2H3,(H2,16,18). The average molecular weight is 246 g/mol. The fourth-order valence-corrected chi connectivity index (χ4v) is 2.90. The van der Waals surface area contributed by atoms with Gasteiger partial charge in [-0.25, -0.2) is 0 Å². The number of hydrogen-bond acceptors (Lipinski definition) is 2. The summed E-state index contributed by atoms with van der Waals surface area (Å²) in [5.74, 6) is -0.198. The number of nitrogens with two attached hydrogens (primary N) is 1. The van der Waals surface area contributed by atoms with Gasteiger partial charge in [0.15, 0.2) is 0 Å². The molecular formula is C15H22N2O.